The van der Waals surface area contributed by atoms with Crippen LogP contribution in [0.2, 0.25) is 0 Å². The molecule has 0 spiro atoms. The molecule has 86 valence electrons. The van der Waals surface area contributed by atoms with Crippen LogP contribution in [0.3, 0.4) is 0 Å². The molecule has 0 saturated carbocycles. The number of aromatic nitrogens is 2. The molecule has 1 atom stereocenters. The van der Waals surface area contributed by atoms with Crippen molar-refractivity contribution >= 4 is 11.8 Å². The Bertz CT molecular complexity index is 515. The van der Waals surface area contributed by atoms with E-state index in [1.165, 1.54) is 5.57 Å². The first kappa shape index (κ1) is 11.4. The van der Waals surface area contributed by atoms with E-state index < -0.39 is 0 Å². The molecule has 1 aliphatic rings. The number of allylic oxidation sites excluding steroid dienone is 6. The number of hydrogen-bond donors (Lipinski definition) is 0. The molecule has 1 heterocycles. The maximum Gasteiger partial charge on any atom is 0.0893 e. The summed E-state index contributed by atoms with van der Waals surface area (Å²) in [5, 5.41) is 4.44. The second kappa shape index (κ2) is 4.83. The topological polar surface area (TPSA) is 17.8 Å². The second-order valence-electron chi connectivity index (χ2n) is 3.96. The van der Waals surface area contributed by atoms with Crippen LogP contribution >= 0.6 is 0 Å². The highest BCUT2D eigenvalue weighted by Crippen LogP contribution is 2.31. The maximum absolute atomic E-state index is 4.44. The van der Waals surface area contributed by atoms with Crippen LogP contribution in [0.15, 0.2) is 61.9 Å². The van der Waals surface area contributed by atoms with Crippen LogP contribution in [0.5, 0.6) is 0 Å². The van der Waals surface area contributed by atoms with E-state index in [2.05, 4.69) is 37.0 Å². The minimum atomic E-state index is 0.377. The fourth-order valence-electron chi connectivity index (χ4n) is 1.96. The Balaban J connectivity index is 2.42. The highest BCUT2D eigenvalue weighted by molar-refractivity contribution is 5.73. The summed E-state index contributed by atoms with van der Waals surface area (Å²) in [5.41, 5.74) is 3.33. The third-order valence-corrected chi connectivity index (χ3v) is 2.94. The van der Waals surface area contributed by atoms with Gasteiger partial charge in [0.25, 0.3) is 0 Å². The predicted octanol–water partition coefficient (Wildman–Crippen LogP) is 3.69. The largest absolute Gasteiger partial charge is 0.248 e. The molecule has 0 N–H and O–H groups in total. The van der Waals surface area contributed by atoms with E-state index in [4.69, 9.17) is 0 Å². The Kier molecular flexibility index (Phi) is 3.24. The Morgan fingerprint density at radius 2 is 2.18 bits per heavy atom. The third-order valence-electron chi connectivity index (χ3n) is 2.94. The van der Waals surface area contributed by atoms with Gasteiger partial charge in [0.15, 0.2) is 0 Å². The Labute approximate surface area is 102 Å². The molecule has 0 aromatic carbocycles. The minimum absolute atomic E-state index is 0.377. The van der Waals surface area contributed by atoms with E-state index in [0.717, 1.165) is 17.7 Å². The molecular weight excluding hydrogens is 208 g/mol. The number of nitrogens with zero attached hydrogens (tertiary/aromatic N) is 2. The highest BCUT2D eigenvalue weighted by Gasteiger charge is 2.16. The Hall–Kier alpha value is -2.09. The van der Waals surface area contributed by atoms with E-state index in [9.17, 15) is 0 Å². The summed E-state index contributed by atoms with van der Waals surface area (Å²) in [4.78, 5) is 0. The van der Waals surface area contributed by atoms with E-state index in [1.54, 1.807) is 10.9 Å². The maximum atomic E-state index is 4.44. The molecule has 2 nitrogen and oxygen atoms in total. The van der Waals surface area contributed by atoms with Crippen molar-refractivity contribution in [2.75, 3.05) is 0 Å². The van der Waals surface area contributed by atoms with Gasteiger partial charge in [0, 0.05) is 12.4 Å². The summed E-state index contributed by atoms with van der Waals surface area (Å²) in [6.07, 6.45) is 12.6. The molecule has 0 aliphatic heterocycles. The van der Waals surface area contributed by atoms with Gasteiger partial charge in [0.1, 0.15) is 0 Å². The molecule has 0 fully saturated rings. The molecule has 1 aromatic heterocycles. The van der Waals surface area contributed by atoms with Crippen LogP contribution in [-0.4, -0.2) is 9.78 Å². The van der Waals surface area contributed by atoms with Gasteiger partial charge < -0.3 is 0 Å². The lowest BCUT2D eigenvalue weighted by molar-refractivity contribution is 0.824. The molecular formula is C15H16N2. The third kappa shape index (κ3) is 2.21. The van der Waals surface area contributed by atoms with Gasteiger partial charge in [0.2, 0.25) is 0 Å². The summed E-state index contributed by atoms with van der Waals surface area (Å²) in [6, 6.07) is 2.00. The van der Waals surface area contributed by atoms with Gasteiger partial charge in [-0.1, -0.05) is 37.5 Å². The quantitative estimate of drug-likeness (QED) is 0.713. The summed E-state index contributed by atoms with van der Waals surface area (Å²) >= 11 is 0. The zero-order valence-corrected chi connectivity index (χ0v) is 9.84. The molecule has 0 saturated heterocycles. The molecule has 0 amide bonds. The van der Waals surface area contributed by atoms with Gasteiger partial charge in [-0.25, -0.2) is 4.68 Å². The SMILES string of the molecule is C=CC1=C(c2ccn(C=C)n2)CC(C=C)C=C1. The van der Waals surface area contributed by atoms with Crippen molar-refractivity contribution in [3.05, 3.63) is 67.6 Å². The first-order valence-electron chi connectivity index (χ1n) is 5.63. The van der Waals surface area contributed by atoms with Crippen LogP contribution in [0.1, 0.15) is 12.1 Å². The Morgan fingerprint density at radius 3 is 2.76 bits per heavy atom. The molecule has 1 aliphatic carbocycles. The van der Waals surface area contributed by atoms with Gasteiger partial charge in [-0.3, -0.25) is 0 Å². The summed E-state index contributed by atoms with van der Waals surface area (Å²) < 4.78 is 1.71. The monoisotopic (exact) mass is 224 g/mol. The molecule has 0 bridgehead atoms. The van der Waals surface area contributed by atoms with Crippen LogP contribution in [0.4, 0.5) is 0 Å². The summed E-state index contributed by atoms with van der Waals surface area (Å²) in [5.74, 6) is 0.377. The van der Waals surface area contributed by atoms with Crippen molar-refractivity contribution in [1.82, 2.24) is 9.78 Å². The zero-order valence-electron chi connectivity index (χ0n) is 9.84. The summed E-state index contributed by atoms with van der Waals surface area (Å²) in [7, 11) is 0. The average Bonchev–Trinajstić information content (AvgIpc) is 2.86. The van der Waals surface area contributed by atoms with Crippen molar-refractivity contribution in [1.29, 1.82) is 0 Å². The second-order valence-corrected chi connectivity index (χ2v) is 3.96. The lowest BCUT2D eigenvalue weighted by Gasteiger charge is -2.17. The fourth-order valence-corrected chi connectivity index (χ4v) is 1.96. The zero-order chi connectivity index (χ0) is 12.3. The molecule has 2 heteroatoms. The molecule has 1 unspecified atom stereocenters. The van der Waals surface area contributed by atoms with Gasteiger partial charge >= 0.3 is 0 Å². The van der Waals surface area contributed by atoms with Gasteiger partial charge in [0.05, 0.1) is 5.69 Å². The van der Waals surface area contributed by atoms with Crippen molar-refractivity contribution in [3.8, 4) is 0 Å². The van der Waals surface area contributed by atoms with E-state index in [1.807, 2.05) is 24.4 Å². The van der Waals surface area contributed by atoms with Crippen molar-refractivity contribution in [3.63, 3.8) is 0 Å². The molecule has 0 radical (unpaired) electrons. The van der Waals surface area contributed by atoms with Crippen LogP contribution < -0.4 is 0 Å². The van der Waals surface area contributed by atoms with E-state index in [-0.39, 0.29) is 0 Å². The van der Waals surface area contributed by atoms with Gasteiger partial charge in [-0.15, -0.1) is 6.58 Å². The van der Waals surface area contributed by atoms with E-state index >= 15 is 0 Å². The highest BCUT2D eigenvalue weighted by atomic mass is 15.3. The molecule has 17 heavy (non-hydrogen) atoms. The first-order valence-corrected chi connectivity index (χ1v) is 5.63. The van der Waals surface area contributed by atoms with Crippen molar-refractivity contribution in [2.24, 2.45) is 5.92 Å². The van der Waals surface area contributed by atoms with E-state index in [0.29, 0.717) is 5.92 Å². The minimum Gasteiger partial charge on any atom is -0.248 e. The van der Waals surface area contributed by atoms with Crippen LogP contribution in [-0.2, 0) is 0 Å². The van der Waals surface area contributed by atoms with Gasteiger partial charge in [-0.05, 0) is 29.6 Å². The lowest BCUT2D eigenvalue weighted by atomic mass is 9.88. The summed E-state index contributed by atoms with van der Waals surface area (Å²) in [6.45, 7) is 11.4. The molecule has 2 rings (SSSR count). The standard InChI is InChI=1S/C15H16N2/c1-4-12-7-8-13(5-2)14(11-12)15-9-10-17(6-3)16-15/h4-10,12H,1-3,11H2. The van der Waals surface area contributed by atoms with Crippen LogP contribution in [0, 0.1) is 5.92 Å². The first-order chi connectivity index (χ1) is 8.28. The smallest absolute Gasteiger partial charge is 0.0893 e. The number of hydrogen-bond acceptors (Lipinski definition) is 1. The average molecular weight is 224 g/mol. The van der Waals surface area contributed by atoms with Crippen LogP contribution in [0.25, 0.3) is 11.8 Å². The predicted molar refractivity (Wildman–Crippen MR) is 73.2 cm³/mol. The molecule has 1 aromatic rings. The Morgan fingerprint density at radius 1 is 1.35 bits per heavy atom. The number of rotatable bonds is 4. The fraction of sp³-hybridized carbons (Fsp3) is 0.133. The normalized spacial score (nSPS) is 19.2. The van der Waals surface area contributed by atoms with Crippen molar-refractivity contribution in [2.45, 2.75) is 6.42 Å². The van der Waals surface area contributed by atoms with Gasteiger partial charge in [-0.2, -0.15) is 5.10 Å². The van der Waals surface area contributed by atoms with Crippen molar-refractivity contribution < 1.29 is 0 Å². The lowest BCUT2D eigenvalue weighted by Crippen LogP contribution is -2.02.